The molecule has 0 aliphatic rings. The first kappa shape index (κ1) is 24.0. The van der Waals surface area contributed by atoms with Crippen LogP contribution in [0.4, 0.5) is 0 Å². The first-order valence-electron chi connectivity index (χ1n) is 9.30. The van der Waals surface area contributed by atoms with Gasteiger partial charge in [0, 0.05) is 19.2 Å². The molecule has 0 bridgehead atoms. The topological polar surface area (TPSA) is 86.9 Å². The van der Waals surface area contributed by atoms with E-state index in [1.807, 2.05) is 6.07 Å². The van der Waals surface area contributed by atoms with Crippen molar-refractivity contribution in [2.24, 2.45) is 0 Å². The molecule has 0 atom stereocenters. The van der Waals surface area contributed by atoms with E-state index in [0.717, 1.165) is 17.3 Å². The van der Waals surface area contributed by atoms with Crippen LogP contribution in [0.1, 0.15) is 5.56 Å². The molecule has 0 fully saturated rings. The van der Waals surface area contributed by atoms with Crippen molar-refractivity contribution >= 4 is 40.9 Å². The van der Waals surface area contributed by atoms with Crippen molar-refractivity contribution in [3.8, 4) is 28.7 Å². The number of benzene rings is 2. The number of ether oxygens (including phenoxy) is 3. The molecular weight excluding hydrogens is 477 g/mol. The number of nitrogens with zero attached hydrogens (tertiary/aromatic N) is 3. The fourth-order valence-electron chi connectivity index (χ4n) is 2.82. The van der Waals surface area contributed by atoms with Crippen LogP contribution in [-0.2, 0) is 11.3 Å². The summed E-state index contributed by atoms with van der Waals surface area (Å²) in [7, 11) is 6.28. The summed E-state index contributed by atoms with van der Waals surface area (Å²) in [5.41, 5.74) is 1.48. The van der Waals surface area contributed by atoms with E-state index in [2.05, 4.69) is 10.2 Å². The number of hydrogen-bond donors (Lipinski definition) is 0. The first-order chi connectivity index (χ1) is 15.4. The van der Waals surface area contributed by atoms with Crippen molar-refractivity contribution < 1.29 is 23.4 Å². The highest BCUT2D eigenvalue weighted by atomic mass is 35.5. The van der Waals surface area contributed by atoms with Gasteiger partial charge in [0.1, 0.15) is 0 Å². The Hall–Kier alpha value is -2.62. The van der Waals surface area contributed by atoms with E-state index in [-0.39, 0.29) is 22.8 Å². The lowest BCUT2D eigenvalue weighted by molar-refractivity contribution is -0.127. The molecule has 0 saturated heterocycles. The molecule has 1 aromatic heterocycles. The normalized spacial score (nSPS) is 10.7. The van der Waals surface area contributed by atoms with Crippen LogP contribution in [-0.4, -0.2) is 55.1 Å². The predicted molar refractivity (Wildman–Crippen MR) is 123 cm³/mol. The highest BCUT2D eigenvalue weighted by molar-refractivity contribution is 7.99. The molecule has 32 heavy (non-hydrogen) atoms. The highest BCUT2D eigenvalue weighted by Gasteiger charge is 2.19. The van der Waals surface area contributed by atoms with Gasteiger partial charge >= 0.3 is 0 Å². The fourth-order valence-corrected chi connectivity index (χ4v) is 3.85. The van der Waals surface area contributed by atoms with Crippen LogP contribution in [0.25, 0.3) is 11.5 Å². The van der Waals surface area contributed by atoms with Gasteiger partial charge in [-0.3, -0.25) is 4.79 Å². The predicted octanol–water partition coefficient (Wildman–Crippen LogP) is 4.82. The average molecular weight is 498 g/mol. The second kappa shape index (κ2) is 10.8. The largest absolute Gasteiger partial charge is 0.493 e. The molecule has 1 heterocycles. The van der Waals surface area contributed by atoms with Crippen molar-refractivity contribution in [1.29, 1.82) is 0 Å². The lowest BCUT2D eigenvalue weighted by Crippen LogP contribution is -2.27. The van der Waals surface area contributed by atoms with Crippen molar-refractivity contribution in [3.63, 3.8) is 0 Å². The zero-order chi connectivity index (χ0) is 23.3. The van der Waals surface area contributed by atoms with Gasteiger partial charge in [-0.2, -0.15) is 0 Å². The zero-order valence-electron chi connectivity index (χ0n) is 17.8. The molecule has 0 N–H and O–H groups in total. The number of hydrogen-bond acceptors (Lipinski definition) is 8. The van der Waals surface area contributed by atoms with Crippen LogP contribution < -0.4 is 14.2 Å². The number of amides is 1. The molecular formula is C21H21Cl2N3O5S. The summed E-state index contributed by atoms with van der Waals surface area (Å²) in [6, 6.07) is 8.68. The number of methoxy groups -OCH3 is 3. The summed E-state index contributed by atoms with van der Waals surface area (Å²) in [6.07, 6.45) is 0. The summed E-state index contributed by atoms with van der Waals surface area (Å²) in [5, 5.41) is 9.26. The Kier molecular flexibility index (Phi) is 8.11. The number of carbonyl (C=O) groups is 1. The maximum absolute atomic E-state index is 12.5. The molecule has 0 aliphatic carbocycles. The van der Waals surface area contributed by atoms with E-state index in [1.165, 1.54) is 21.3 Å². The lowest BCUT2D eigenvalue weighted by atomic mass is 10.2. The van der Waals surface area contributed by atoms with Crippen LogP contribution in [0, 0.1) is 0 Å². The van der Waals surface area contributed by atoms with E-state index in [0.29, 0.717) is 39.4 Å². The van der Waals surface area contributed by atoms with E-state index in [1.54, 1.807) is 36.2 Å². The van der Waals surface area contributed by atoms with Gasteiger partial charge in [-0.1, -0.05) is 41.0 Å². The Morgan fingerprint density at radius 1 is 1.03 bits per heavy atom. The molecule has 0 saturated carbocycles. The van der Waals surface area contributed by atoms with Crippen LogP contribution in [0.2, 0.25) is 10.0 Å². The lowest BCUT2D eigenvalue weighted by Gasteiger charge is -2.17. The van der Waals surface area contributed by atoms with Crippen LogP contribution >= 0.6 is 35.0 Å². The maximum atomic E-state index is 12.5. The van der Waals surface area contributed by atoms with Gasteiger partial charge in [0.15, 0.2) is 11.5 Å². The smallest absolute Gasteiger partial charge is 0.277 e. The molecule has 0 unspecified atom stereocenters. The molecule has 1 amide bonds. The minimum absolute atomic E-state index is 0.103. The quantitative estimate of drug-likeness (QED) is 0.388. The summed E-state index contributed by atoms with van der Waals surface area (Å²) in [6.45, 7) is 0.400. The summed E-state index contributed by atoms with van der Waals surface area (Å²) < 4.78 is 21.7. The second-order valence-corrected chi connectivity index (χ2v) is 8.32. The van der Waals surface area contributed by atoms with Crippen LogP contribution in [0.3, 0.4) is 0 Å². The molecule has 0 spiro atoms. The first-order valence-corrected chi connectivity index (χ1v) is 11.0. The molecule has 2 aromatic carbocycles. The number of rotatable bonds is 9. The highest BCUT2D eigenvalue weighted by Crippen LogP contribution is 2.41. The summed E-state index contributed by atoms with van der Waals surface area (Å²) >= 11 is 13.1. The monoisotopic (exact) mass is 497 g/mol. The Morgan fingerprint density at radius 2 is 1.72 bits per heavy atom. The number of aromatic nitrogens is 2. The van der Waals surface area contributed by atoms with Gasteiger partial charge in [0.05, 0.1) is 37.1 Å². The molecule has 8 nitrogen and oxygen atoms in total. The SMILES string of the molecule is COc1cc(-c2nnc(SCC(=O)N(C)Cc3ccc(Cl)c(Cl)c3)o2)cc(OC)c1OC. The zero-order valence-corrected chi connectivity index (χ0v) is 20.2. The Morgan fingerprint density at radius 3 is 2.31 bits per heavy atom. The number of thioether (sulfide) groups is 1. The Bertz CT molecular complexity index is 1080. The Labute approximate surface area is 199 Å². The molecule has 3 rings (SSSR count). The van der Waals surface area contributed by atoms with Crippen LogP contribution in [0.5, 0.6) is 17.2 Å². The van der Waals surface area contributed by atoms with Crippen molar-refractivity contribution in [3.05, 3.63) is 45.9 Å². The van der Waals surface area contributed by atoms with E-state index in [4.69, 9.17) is 41.8 Å². The van der Waals surface area contributed by atoms with Gasteiger partial charge in [-0.05, 0) is 29.8 Å². The van der Waals surface area contributed by atoms with Crippen molar-refractivity contribution in [1.82, 2.24) is 15.1 Å². The Balaban J connectivity index is 1.65. The molecule has 11 heteroatoms. The fraction of sp³-hybridized carbons (Fsp3) is 0.286. The molecule has 0 aliphatic heterocycles. The van der Waals surface area contributed by atoms with Gasteiger partial charge in [-0.25, -0.2) is 0 Å². The number of carbonyl (C=O) groups excluding carboxylic acids is 1. The van der Waals surface area contributed by atoms with E-state index >= 15 is 0 Å². The van der Waals surface area contributed by atoms with Gasteiger partial charge in [0.25, 0.3) is 5.22 Å². The number of halogens is 2. The molecule has 170 valence electrons. The standard InChI is InChI=1S/C21H21Cl2N3O5S/c1-26(10-12-5-6-14(22)15(23)7-12)18(27)11-32-21-25-24-20(31-21)13-8-16(28-2)19(30-4)17(9-13)29-3/h5-9H,10-11H2,1-4H3. The third-order valence-corrected chi connectivity index (χ3v) is 6.01. The van der Waals surface area contributed by atoms with Gasteiger partial charge in [-0.15, -0.1) is 10.2 Å². The van der Waals surface area contributed by atoms with Crippen LogP contribution in [0.15, 0.2) is 40.0 Å². The van der Waals surface area contributed by atoms with Crippen molar-refractivity contribution in [2.45, 2.75) is 11.8 Å². The minimum Gasteiger partial charge on any atom is -0.493 e. The summed E-state index contributed by atoms with van der Waals surface area (Å²) in [4.78, 5) is 14.1. The molecule has 0 radical (unpaired) electrons. The van der Waals surface area contributed by atoms with E-state index in [9.17, 15) is 4.79 Å². The third kappa shape index (κ3) is 5.59. The average Bonchev–Trinajstić information content (AvgIpc) is 3.27. The van der Waals surface area contributed by atoms with E-state index < -0.39 is 0 Å². The second-order valence-electron chi connectivity index (χ2n) is 6.57. The van der Waals surface area contributed by atoms with Crippen molar-refractivity contribution in [2.75, 3.05) is 34.1 Å². The van der Waals surface area contributed by atoms with Gasteiger partial charge < -0.3 is 23.5 Å². The van der Waals surface area contributed by atoms with Gasteiger partial charge in [0.2, 0.25) is 17.5 Å². The molecule has 3 aromatic rings. The maximum Gasteiger partial charge on any atom is 0.277 e. The third-order valence-electron chi connectivity index (χ3n) is 4.47. The minimum atomic E-state index is -0.103. The summed E-state index contributed by atoms with van der Waals surface area (Å²) in [5.74, 6) is 1.69.